The van der Waals surface area contributed by atoms with Crippen molar-refractivity contribution in [2.75, 3.05) is 46.4 Å². The number of methoxy groups -OCH3 is 1. The van der Waals surface area contributed by atoms with E-state index < -0.39 is 6.04 Å². The molecule has 1 saturated heterocycles. The van der Waals surface area contributed by atoms with Gasteiger partial charge in [-0.25, -0.2) is 4.79 Å². The number of hydrogen-bond acceptors (Lipinski definition) is 5. The number of ether oxygens (including phenoxy) is 1. The second-order valence-electron chi connectivity index (χ2n) is 8.39. The lowest BCUT2D eigenvalue weighted by Gasteiger charge is -2.38. The molecule has 2 aromatic rings. The second kappa shape index (κ2) is 10.1. The summed E-state index contributed by atoms with van der Waals surface area (Å²) in [6.07, 6.45) is 1.57. The first-order chi connectivity index (χ1) is 15.1. The lowest BCUT2D eigenvalue weighted by atomic mass is 9.94. The van der Waals surface area contributed by atoms with Crippen molar-refractivity contribution in [3.8, 4) is 0 Å². The molecule has 6 heteroatoms. The maximum Gasteiger partial charge on any atom is 0.328 e. The third-order valence-electron chi connectivity index (χ3n) is 6.43. The minimum Gasteiger partial charge on any atom is -0.467 e. The molecule has 0 saturated carbocycles. The molecule has 2 heterocycles. The number of carbonyl (C=O) groups is 2. The number of rotatable bonds is 6. The van der Waals surface area contributed by atoms with Crippen molar-refractivity contribution in [3.63, 3.8) is 0 Å². The van der Waals surface area contributed by atoms with Crippen LogP contribution in [0.3, 0.4) is 0 Å². The van der Waals surface area contributed by atoms with Gasteiger partial charge >= 0.3 is 5.97 Å². The summed E-state index contributed by atoms with van der Waals surface area (Å²) in [5.74, 6) is -0.337. The largest absolute Gasteiger partial charge is 0.467 e. The molecule has 31 heavy (non-hydrogen) atoms. The zero-order valence-corrected chi connectivity index (χ0v) is 18.2. The van der Waals surface area contributed by atoms with Crippen molar-refractivity contribution in [1.82, 2.24) is 14.7 Å². The Morgan fingerprint density at radius 3 is 2.26 bits per heavy atom. The van der Waals surface area contributed by atoms with Gasteiger partial charge in [-0.1, -0.05) is 54.6 Å². The molecule has 1 amide bonds. The van der Waals surface area contributed by atoms with Crippen molar-refractivity contribution in [2.24, 2.45) is 0 Å². The van der Waals surface area contributed by atoms with E-state index in [0.29, 0.717) is 19.5 Å². The average molecular weight is 422 g/mol. The molecule has 0 radical (unpaired) electrons. The highest BCUT2D eigenvalue weighted by molar-refractivity contribution is 5.86. The summed E-state index contributed by atoms with van der Waals surface area (Å²) >= 11 is 0. The highest BCUT2D eigenvalue weighted by atomic mass is 16.5. The van der Waals surface area contributed by atoms with Crippen LogP contribution in [0.1, 0.15) is 16.7 Å². The number of hydrogen-bond donors (Lipinski definition) is 0. The normalized spacial score (nSPS) is 19.6. The van der Waals surface area contributed by atoms with E-state index in [1.807, 2.05) is 30.3 Å². The highest BCUT2D eigenvalue weighted by Gasteiger charge is 2.35. The molecule has 2 aliphatic heterocycles. The first-order valence-corrected chi connectivity index (χ1v) is 11.1. The fraction of sp³-hybridized carbons (Fsp3) is 0.440. The van der Waals surface area contributed by atoms with Gasteiger partial charge < -0.3 is 14.5 Å². The number of fused-ring (bicyclic) bond motifs is 1. The van der Waals surface area contributed by atoms with Crippen molar-refractivity contribution < 1.29 is 14.3 Å². The van der Waals surface area contributed by atoms with E-state index >= 15 is 0 Å². The molecule has 0 N–H and O–H groups in total. The minimum absolute atomic E-state index is 0.00244. The number of benzene rings is 2. The zero-order valence-electron chi connectivity index (χ0n) is 18.2. The smallest absolute Gasteiger partial charge is 0.328 e. The van der Waals surface area contributed by atoms with Crippen LogP contribution < -0.4 is 0 Å². The molecule has 0 bridgehead atoms. The molecule has 6 nitrogen and oxygen atoms in total. The lowest BCUT2D eigenvalue weighted by Crippen LogP contribution is -2.54. The molecule has 0 aromatic heterocycles. The van der Waals surface area contributed by atoms with Crippen LogP contribution in [0, 0.1) is 0 Å². The topological polar surface area (TPSA) is 53.1 Å². The average Bonchev–Trinajstić information content (AvgIpc) is 2.83. The molecular weight excluding hydrogens is 390 g/mol. The van der Waals surface area contributed by atoms with Crippen LogP contribution in [-0.2, 0) is 33.7 Å². The van der Waals surface area contributed by atoms with Gasteiger partial charge in [-0.15, -0.1) is 0 Å². The van der Waals surface area contributed by atoms with Crippen molar-refractivity contribution in [2.45, 2.75) is 25.4 Å². The molecule has 0 spiro atoms. The van der Waals surface area contributed by atoms with Gasteiger partial charge in [-0.05, 0) is 23.1 Å². The van der Waals surface area contributed by atoms with Gasteiger partial charge in [0.05, 0.1) is 13.7 Å². The molecule has 4 rings (SSSR count). The van der Waals surface area contributed by atoms with E-state index in [9.17, 15) is 9.59 Å². The summed E-state index contributed by atoms with van der Waals surface area (Å²) in [6.45, 7) is 5.52. The first kappa shape index (κ1) is 21.5. The van der Waals surface area contributed by atoms with E-state index in [2.05, 4.69) is 34.1 Å². The molecule has 1 unspecified atom stereocenters. The molecule has 2 aromatic carbocycles. The monoisotopic (exact) mass is 421 g/mol. The van der Waals surface area contributed by atoms with Crippen LogP contribution in [0.5, 0.6) is 0 Å². The van der Waals surface area contributed by atoms with Crippen LogP contribution in [0.2, 0.25) is 0 Å². The molecule has 2 aliphatic rings. The summed E-state index contributed by atoms with van der Waals surface area (Å²) in [5, 5.41) is 0. The van der Waals surface area contributed by atoms with Crippen molar-refractivity contribution in [3.05, 3.63) is 71.3 Å². The molecular formula is C25H31N3O3. The Bertz CT molecular complexity index is 894. The Hall–Kier alpha value is -2.70. The first-order valence-electron chi connectivity index (χ1n) is 11.1. The van der Waals surface area contributed by atoms with Gasteiger partial charge in [0.25, 0.3) is 0 Å². The number of esters is 1. The van der Waals surface area contributed by atoms with Gasteiger partial charge in [0.2, 0.25) is 5.91 Å². The van der Waals surface area contributed by atoms with Gasteiger partial charge in [0, 0.05) is 45.7 Å². The standard InChI is InChI=1S/C25H31N3O3/c1-31-25(30)23-17-21-9-5-6-10-22(21)18-28(23)24(29)19-27-15-13-26(14-16-27)12-11-20-7-3-2-4-8-20/h2-10,23H,11-19H2,1H3. The number of nitrogens with zero attached hydrogens (tertiary/aromatic N) is 3. The van der Waals surface area contributed by atoms with Crippen LogP contribution >= 0.6 is 0 Å². The van der Waals surface area contributed by atoms with Gasteiger partial charge in [0.1, 0.15) is 6.04 Å². The van der Waals surface area contributed by atoms with Crippen LogP contribution in [0.25, 0.3) is 0 Å². The van der Waals surface area contributed by atoms with E-state index in [0.717, 1.165) is 50.3 Å². The SMILES string of the molecule is COC(=O)C1Cc2ccccc2CN1C(=O)CN1CCN(CCc2ccccc2)CC1. The Labute approximate surface area is 184 Å². The maximum absolute atomic E-state index is 13.2. The quantitative estimate of drug-likeness (QED) is 0.668. The summed E-state index contributed by atoms with van der Waals surface area (Å²) in [4.78, 5) is 31.9. The highest BCUT2D eigenvalue weighted by Crippen LogP contribution is 2.24. The molecule has 1 atom stereocenters. The maximum atomic E-state index is 13.2. The second-order valence-corrected chi connectivity index (χ2v) is 8.39. The Morgan fingerprint density at radius 1 is 0.903 bits per heavy atom. The van der Waals surface area contributed by atoms with Crippen molar-refractivity contribution >= 4 is 11.9 Å². The van der Waals surface area contributed by atoms with Crippen LogP contribution in [0.4, 0.5) is 0 Å². The molecule has 164 valence electrons. The zero-order chi connectivity index (χ0) is 21.6. The third kappa shape index (κ3) is 5.32. The Balaban J connectivity index is 1.31. The third-order valence-corrected chi connectivity index (χ3v) is 6.43. The Kier molecular flexibility index (Phi) is 6.99. The summed E-state index contributed by atoms with van der Waals surface area (Å²) < 4.78 is 5.00. The Morgan fingerprint density at radius 2 is 1.55 bits per heavy atom. The van der Waals surface area contributed by atoms with E-state index in [4.69, 9.17) is 4.74 Å². The number of piperazine rings is 1. The minimum atomic E-state index is -0.542. The summed E-state index contributed by atoms with van der Waals surface area (Å²) in [5.41, 5.74) is 3.59. The van der Waals surface area contributed by atoms with Gasteiger partial charge in [-0.3, -0.25) is 9.69 Å². The van der Waals surface area contributed by atoms with Gasteiger partial charge in [0.15, 0.2) is 0 Å². The number of carbonyl (C=O) groups excluding carboxylic acids is 2. The predicted octanol–water partition coefficient (Wildman–Crippen LogP) is 1.97. The fourth-order valence-corrected chi connectivity index (χ4v) is 4.52. The molecule has 0 aliphatic carbocycles. The van der Waals surface area contributed by atoms with E-state index in [-0.39, 0.29) is 11.9 Å². The number of amides is 1. The summed E-state index contributed by atoms with van der Waals surface area (Å²) in [7, 11) is 1.39. The van der Waals surface area contributed by atoms with Gasteiger partial charge in [-0.2, -0.15) is 0 Å². The predicted molar refractivity (Wildman–Crippen MR) is 120 cm³/mol. The van der Waals surface area contributed by atoms with Crippen LogP contribution in [0.15, 0.2) is 54.6 Å². The lowest BCUT2D eigenvalue weighted by molar-refractivity contribution is -0.154. The summed E-state index contributed by atoms with van der Waals surface area (Å²) in [6, 6.07) is 18.0. The van der Waals surface area contributed by atoms with Crippen molar-refractivity contribution in [1.29, 1.82) is 0 Å². The fourth-order valence-electron chi connectivity index (χ4n) is 4.52. The van der Waals surface area contributed by atoms with Crippen LogP contribution in [-0.4, -0.2) is 79.0 Å². The van der Waals surface area contributed by atoms with E-state index in [1.165, 1.54) is 12.7 Å². The van der Waals surface area contributed by atoms with E-state index in [1.54, 1.807) is 4.90 Å². The molecule has 1 fully saturated rings.